The highest BCUT2D eigenvalue weighted by atomic mass is 19.1. The molecule has 0 saturated carbocycles. The molecule has 0 aliphatic heterocycles. The number of hydrogen-bond donors (Lipinski definition) is 1. The number of ether oxygens (including phenoxy) is 1. The molecule has 140 valence electrons. The summed E-state index contributed by atoms with van der Waals surface area (Å²) in [7, 11) is 0. The molecule has 1 heterocycles. The van der Waals surface area contributed by atoms with Gasteiger partial charge in [0.25, 0.3) is 5.91 Å². The Morgan fingerprint density at radius 1 is 1.04 bits per heavy atom. The van der Waals surface area contributed by atoms with E-state index in [2.05, 4.69) is 0 Å². The number of esters is 1. The average Bonchev–Trinajstić information content (AvgIpc) is 2.96. The first-order valence-electron chi connectivity index (χ1n) is 7.93. The van der Waals surface area contributed by atoms with Crippen LogP contribution in [0, 0.1) is 24.4 Å². The standard InChI is InChI=1S/C19H14F3NO4/c1-9-11-5-3-8-14(22)17(11)27-16(9)19(25)26-10(2)18(24)23-15-12(20)6-4-7-13(15)21/h3-8,10H,1-2H3,(H,23,24)/t10-/m0/s1. The van der Waals surface area contributed by atoms with E-state index in [1.54, 1.807) is 13.0 Å². The van der Waals surface area contributed by atoms with Crippen molar-refractivity contribution >= 4 is 28.5 Å². The van der Waals surface area contributed by atoms with E-state index in [0.717, 1.165) is 18.2 Å². The lowest BCUT2D eigenvalue weighted by Gasteiger charge is -2.13. The minimum Gasteiger partial charge on any atom is -0.447 e. The van der Waals surface area contributed by atoms with Crippen LogP contribution in [0.2, 0.25) is 0 Å². The maximum absolute atomic E-state index is 13.8. The van der Waals surface area contributed by atoms with Crippen molar-refractivity contribution in [1.29, 1.82) is 0 Å². The number of anilines is 1. The summed E-state index contributed by atoms with van der Waals surface area (Å²) in [5.41, 5.74) is -0.401. The fourth-order valence-corrected chi connectivity index (χ4v) is 2.51. The smallest absolute Gasteiger partial charge is 0.375 e. The first-order valence-corrected chi connectivity index (χ1v) is 7.93. The van der Waals surface area contributed by atoms with Crippen molar-refractivity contribution in [2.75, 3.05) is 5.32 Å². The maximum Gasteiger partial charge on any atom is 0.375 e. The Bertz CT molecular complexity index is 1020. The quantitative estimate of drug-likeness (QED) is 0.687. The zero-order chi connectivity index (χ0) is 19.7. The highest BCUT2D eigenvalue weighted by Crippen LogP contribution is 2.28. The van der Waals surface area contributed by atoms with E-state index in [1.807, 2.05) is 5.32 Å². The first-order chi connectivity index (χ1) is 12.8. The molecule has 0 saturated heterocycles. The van der Waals surface area contributed by atoms with Crippen molar-refractivity contribution in [1.82, 2.24) is 0 Å². The molecule has 0 fully saturated rings. The number of para-hydroxylation sites is 2. The third-order valence-electron chi connectivity index (χ3n) is 3.97. The van der Waals surface area contributed by atoms with Gasteiger partial charge in [0.05, 0.1) is 0 Å². The average molecular weight is 377 g/mol. The van der Waals surface area contributed by atoms with Gasteiger partial charge in [-0.05, 0) is 32.0 Å². The number of fused-ring (bicyclic) bond motifs is 1. The second-order valence-electron chi connectivity index (χ2n) is 5.81. The molecule has 0 bridgehead atoms. The predicted molar refractivity (Wildman–Crippen MR) is 90.8 cm³/mol. The third-order valence-corrected chi connectivity index (χ3v) is 3.97. The Labute approximate surface area is 151 Å². The number of halogens is 3. The molecule has 8 heteroatoms. The minimum absolute atomic E-state index is 0.104. The van der Waals surface area contributed by atoms with Crippen molar-refractivity contribution in [3.8, 4) is 0 Å². The number of nitrogens with one attached hydrogen (secondary N) is 1. The van der Waals surface area contributed by atoms with Gasteiger partial charge in [-0.2, -0.15) is 0 Å². The molecule has 1 atom stereocenters. The monoisotopic (exact) mass is 377 g/mol. The Kier molecular flexibility index (Phi) is 4.89. The summed E-state index contributed by atoms with van der Waals surface area (Å²) in [5, 5.41) is 2.42. The summed E-state index contributed by atoms with van der Waals surface area (Å²) in [6.07, 6.45) is -1.38. The van der Waals surface area contributed by atoms with E-state index in [-0.39, 0.29) is 11.3 Å². The highest BCUT2D eigenvalue weighted by molar-refractivity contribution is 5.99. The van der Waals surface area contributed by atoms with E-state index < -0.39 is 41.1 Å². The van der Waals surface area contributed by atoms with Crippen LogP contribution in [0.3, 0.4) is 0 Å². The van der Waals surface area contributed by atoms with Crippen LogP contribution in [0.4, 0.5) is 18.9 Å². The molecular weight excluding hydrogens is 363 g/mol. The number of amides is 1. The molecule has 27 heavy (non-hydrogen) atoms. The minimum atomic E-state index is -1.38. The molecule has 0 spiro atoms. The van der Waals surface area contributed by atoms with Gasteiger partial charge in [-0.3, -0.25) is 4.79 Å². The number of benzene rings is 2. The predicted octanol–water partition coefficient (Wildman–Crippen LogP) is 4.34. The second-order valence-corrected chi connectivity index (χ2v) is 5.81. The van der Waals surface area contributed by atoms with Gasteiger partial charge in [0, 0.05) is 10.9 Å². The molecule has 2 aromatic carbocycles. The molecule has 1 amide bonds. The molecule has 3 aromatic rings. The van der Waals surface area contributed by atoms with Gasteiger partial charge < -0.3 is 14.5 Å². The number of carbonyl (C=O) groups is 2. The van der Waals surface area contributed by atoms with E-state index in [1.165, 1.54) is 19.1 Å². The Hall–Kier alpha value is -3.29. The van der Waals surface area contributed by atoms with Gasteiger partial charge >= 0.3 is 5.97 Å². The Morgan fingerprint density at radius 3 is 2.26 bits per heavy atom. The molecule has 0 aliphatic carbocycles. The van der Waals surface area contributed by atoms with Gasteiger partial charge in [-0.1, -0.05) is 18.2 Å². The second kappa shape index (κ2) is 7.14. The van der Waals surface area contributed by atoms with Crippen LogP contribution in [0.15, 0.2) is 40.8 Å². The van der Waals surface area contributed by atoms with Crippen LogP contribution in [0.25, 0.3) is 11.0 Å². The summed E-state index contributed by atoms with van der Waals surface area (Å²) in [4.78, 5) is 24.4. The molecule has 5 nitrogen and oxygen atoms in total. The van der Waals surface area contributed by atoms with Crippen LogP contribution < -0.4 is 5.32 Å². The van der Waals surface area contributed by atoms with Crippen LogP contribution in [0.1, 0.15) is 23.0 Å². The summed E-state index contributed by atoms with van der Waals surface area (Å²) < 4.78 is 51.2. The van der Waals surface area contributed by atoms with Crippen molar-refractivity contribution in [2.24, 2.45) is 0 Å². The lowest BCUT2D eigenvalue weighted by atomic mass is 10.1. The Morgan fingerprint density at radius 2 is 1.63 bits per heavy atom. The first kappa shape index (κ1) is 18.5. The van der Waals surface area contributed by atoms with Gasteiger partial charge in [-0.25, -0.2) is 18.0 Å². The molecule has 0 radical (unpaired) electrons. The maximum atomic E-state index is 13.8. The topological polar surface area (TPSA) is 68.5 Å². The Balaban J connectivity index is 1.77. The summed E-state index contributed by atoms with van der Waals surface area (Å²) in [6.45, 7) is 2.77. The molecule has 3 rings (SSSR count). The van der Waals surface area contributed by atoms with Crippen molar-refractivity contribution < 1.29 is 31.9 Å². The fourth-order valence-electron chi connectivity index (χ4n) is 2.51. The number of rotatable bonds is 4. The molecule has 1 N–H and O–H groups in total. The van der Waals surface area contributed by atoms with Gasteiger partial charge in [0.15, 0.2) is 17.5 Å². The number of aryl methyl sites for hydroxylation is 1. The zero-order valence-corrected chi connectivity index (χ0v) is 14.3. The molecular formula is C19H14F3NO4. The lowest BCUT2D eigenvalue weighted by molar-refractivity contribution is -0.123. The summed E-state index contributed by atoms with van der Waals surface area (Å²) in [5.74, 6) is -4.77. The van der Waals surface area contributed by atoms with Gasteiger partial charge in [-0.15, -0.1) is 0 Å². The van der Waals surface area contributed by atoms with E-state index in [0.29, 0.717) is 10.9 Å². The third kappa shape index (κ3) is 3.51. The van der Waals surface area contributed by atoms with Crippen molar-refractivity contribution in [3.05, 3.63) is 65.2 Å². The molecule has 0 unspecified atom stereocenters. The van der Waals surface area contributed by atoms with E-state index in [4.69, 9.17) is 9.15 Å². The largest absolute Gasteiger partial charge is 0.447 e. The van der Waals surface area contributed by atoms with Gasteiger partial charge in [0.2, 0.25) is 5.76 Å². The van der Waals surface area contributed by atoms with Crippen LogP contribution in [0.5, 0.6) is 0 Å². The fraction of sp³-hybridized carbons (Fsp3) is 0.158. The summed E-state index contributed by atoms with van der Waals surface area (Å²) in [6, 6.07) is 7.31. The van der Waals surface area contributed by atoms with Crippen LogP contribution in [-0.2, 0) is 9.53 Å². The molecule has 1 aromatic heterocycles. The number of hydrogen-bond acceptors (Lipinski definition) is 4. The highest BCUT2D eigenvalue weighted by Gasteiger charge is 2.26. The van der Waals surface area contributed by atoms with Crippen LogP contribution in [-0.4, -0.2) is 18.0 Å². The van der Waals surface area contributed by atoms with E-state index >= 15 is 0 Å². The SMILES string of the molecule is Cc1c(C(=O)O[C@@H](C)C(=O)Nc2c(F)cccc2F)oc2c(F)cccc12. The van der Waals surface area contributed by atoms with Crippen LogP contribution >= 0.6 is 0 Å². The van der Waals surface area contributed by atoms with Crippen molar-refractivity contribution in [3.63, 3.8) is 0 Å². The lowest BCUT2D eigenvalue weighted by Crippen LogP contribution is -2.30. The van der Waals surface area contributed by atoms with E-state index in [9.17, 15) is 22.8 Å². The zero-order valence-electron chi connectivity index (χ0n) is 14.3. The summed E-state index contributed by atoms with van der Waals surface area (Å²) >= 11 is 0. The van der Waals surface area contributed by atoms with Crippen molar-refractivity contribution in [2.45, 2.75) is 20.0 Å². The number of carbonyl (C=O) groups excluding carboxylic acids is 2. The molecule has 0 aliphatic rings. The number of furan rings is 1. The normalized spacial score (nSPS) is 12.0. The van der Waals surface area contributed by atoms with Gasteiger partial charge in [0.1, 0.15) is 17.3 Å².